The third kappa shape index (κ3) is 10.2. The summed E-state index contributed by atoms with van der Waals surface area (Å²) < 4.78 is 21.1. The van der Waals surface area contributed by atoms with Crippen LogP contribution >= 0.6 is 7.82 Å². The first-order valence-corrected chi connectivity index (χ1v) is 12.3. The number of phosphoric ester groups is 1. The monoisotopic (exact) mass is 443 g/mol. The fourth-order valence-corrected chi connectivity index (χ4v) is 3.81. The standard InChI is InChI=1S/C21H40N3O5P/c1-6-22(7-2)15-16-23(8-3)17-19(24(9-4)10-5)18-28-20-11-13-21(14-12-20)29-30(25,26)27/h11-14,19H,6-10,15-18H2,1-5H3,(H2,25,26,27)/p-2/t19-/m1/s1. The van der Waals surface area contributed by atoms with Gasteiger partial charge in [-0.3, -0.25) is 4.90 Å². The molecule has 0 N–H and O–H groups in total. The zero-order valence-electron chi connectivity index (χ0n) is 19.1. The van der Waals surface area contributed by atoms with Crippen molar-refractivity contribution in [1.82, 2.24) is 14.7 Å². The lowest BCUT2D eigenvalue weighted by Crippen LogP contribution is -2.48. The Morgan fingerprint density at radius 1 is 0.833 bits per heavy atom. The van der Waals surface area contributed by atoms with Crippen LogP contribution in [0.4, 0.5) is 0 Å². The molecule has 0 saturated carbocycles. The number of benzene rings is 1. The molecule has 0 amide bonds. The molecule has 0 unspecified atom stereocenters. The maximum Gasteiger partial charge on any atom is 0.124 e. The van der Waals surface area contributed by atoms with Crippen LogP contribution in [0.1, 0.15) is 34.6 Å². The first kappa shape index (κ1) is 26.9. The average molecular weight is 444 g/mol. The van der Waals surface area contributed by atoms with Crippen molar-refractivity contribution in [2.75, 3.05) is 59.0 Å². The van der Waals surface area contributed by atoms with Gasteiger partial charge in [-0.1, -0.05) is 34.6 Å². The van der Waals surface area contributed by atoms with E-state index >= 15 is 0 Å². The summed E-state index contributed by atoms with van der Waals surface area (Å²) in [4.78, 5) is 28.7. The summed E-state index contributed by atoms with van der Waals surface area (Å²) in [5, 5.41) is 0. The molecule has 0 heterocycles. The molecule has 0 aliphatic heterocycles. The lowest BCUT2D eigenvalue weighted by atomic mass is 10.2. The van der Waals surface area contributed by atoms with E-state index < -0.39 is 7.82 Å². The largest absolute Gasteiger partial charge is 0.780 e. The number of likely N-dealkylation sites (N-methyl/N-ethyl adjacent to an activating group) is 3. The lowest BCUT2D eigenvalue weighted by molar-refractivity contribution is -0.333. The molecule has 0 radical (unpaired) electrons. The Balaban J connectivity index is 2.72. The summed E-state index contributed by atoms with van der Waals surface area (Å²) in [6.45, 7) is 19.4. The fraction of sp³-hybridized carbons (Fsp3) is 0.714. The van der Waals surface area contributed by atoms with Gasteiger partial charge in [-0.15, -0.1) is 0 Å². The average Bonchev–Trinajstić information content (AvgIpc) is 2.72. The summed E-state index contributed by atoms with van der Waals surface area (Å²) in [6.07, 6.45) is 0. The molecule has 174 valence electrons. The first-order valence-electron chi connectivity index (χ1n) is 10.9. The molecule has 0 bridgehead atoms. The van der Waals surface area contributed by atoms with Crippen LogP contribution in [0, 0.1) is 0 Å². The van der Waals surface area contributed by atoms with Crippen molar-refractivity contribution in [1.29, 1.82) is 0 Å². The Hall–Kier alpha value is -1.15. The third-order valence-corrected chi connectivity index (χ3v) is 5.79. The maximum absolute atomic E-state index is 10.7. The molecule has 9 heteroatoms. The summed E-state index contributed by atoms with van der Waals surface area (Å²) in [5.41, 5.74) is 0. The normalized spacial score (nSPS) is 13.3. The van der Waals surface area contributed by atoms with Gasteiger partial charge in [-0.05, 0) is 57.0 Å². The van der Waals surface area contributed by atoms with E-state index in [1.165, 1.54) is 12.1 Å². The second-order valence-electron chi connectivity index (χ2n) is 7.12. The van der Waals surface area contributed by atoms with Crippen LogP contribution in [0.3, 0.4) is 0 Å². The summed E-state index contributed by atoms with van der Waals surface area (Å²) >= 11 is 0. The molecule has 0 spiro atoms. The Kier molecular flexibility index (Phi) is 12.6. The summed E-state index contributed by atoms with van der Waals surface area (Å²) in [5.74, 6) is 0.599. The predicted molar refractivity (Wildman–Crippen MR) is 117 cm³/mol. The van der Waals surface area contributed by atoms with E-state index in [2.05, 4.69) is 53.8 Å². The van der Waals surface area contributed by atoms with Crippen LogP contribution in [0.2, 0.25) is 0 Å². The Morgan fingerprint density at radius 3 is 1.80 bits per heavy atom. The molecule has 8 nitrogen and oxygen atoms in total. The molecule has 0 aliphatic carbocycles. The SMILES string of the molecule is CCN(CC)CCN(CC)C[C@H](COc1ccc(OP(=O)([O-])[O-])cc1)N(CC)CC. The molecule has 0 aliphatic rings. The van der Waals surface area contributed by atoms with Crippen molar-refractivity contribution in [3.63, 3.8) is 0 Å². The van der Waals surface area contributed by atoms with Crippen molar-refractivity contribution in [2.24, 2.45) is 0 Å². The Morgan fingerprint density at radius 2 is 1.33 bits per heavy atom. The molecule has 0 fully saturated rings. The van der Waals surface area contributed by atoms with E-state index in [0.717, 1.165) is 52.4 Å². The van der Waals surface area contributed by atoms with Gasteiger partial charge in [0.15, 0.2) is 0 Å². The van der Waals surface area contributed by atoms with Gasteiger partial charge >= 0.3 is 0 Å². The minimum atomic E-state index is -5.05. The van der Waals surface area contributed by atoms with E-state index in [0.29, 0.717) is 12.4 Å². The number of hydrogen-bond acceptors (Lipinski definition) is 8. The number of ether oxygens (including phenoxy) is 1. The van der Waals surface area contributed by atoms with E-state index in [1.54, 1.807) is 12.1 Å². The minimum absolute atomic E-state index is 0.00969. The predicted octanol–water partition coefficient (Wildman–Crippen LogP) is 1.65. The quantitative estimate of drug-likeness (QED) is 0.356. The Labute approximate surface area is 182 Å². The van der Waals surface area contributed by atoms with Gasteiger partial charge in [-0.2, -0.15) is 0 Å². The fourth-order valence-electron chi connectivity index (χ4n) is 3.43. The second-order valence-corrected chi connectivity index (χ2v) is 8.19. The van der Waals surface area contributed by atoms with Gasteiger partial charge in [0.2, 0.25) is 0 Å². The summed E-state index contributed by atoms with van der Waals surface area (Å²) in [7, 11) is -5.05. The molecular formula is C21H38N3O5P-2. The van der Waals surface area contributed by atoms with Crippen LogP contribution < -0.4 is 19.0 Å². The minimum Gasteiger partial charge on any atom is -0.780 e. The summed E-state index contributed by atoms with van der Waals surface area (Å²) in [6, 6.07) is 6.31. The second kappa shape index (κ2) is 14.0. The van der Waals surface area contributed by atoms with Crippen molar-refractivity contribution in [3.8, 4) is 11.5 Å². The smallest absolute Gasteiger partial charge is 0.124 e. The molecule has 1 atom stereocenters. The number of phosphoric acid groups is 1. The van der Waals surface area contributed by atoms with Gasteiger partial charge < -0.3 is 33.4 Å². The van der Waals surface area contributed by atoms with Crippen molar-refractivity contribution < 1.29 is 23.6 Å². The highest BCUT2D eigenvalue weighted by Crippen LogP contribution is 2.30. The molecule has 30 heavy (non-hydrogen) atoms. The third-order valence-electron chi connectivity index (χ3n) is 5.36. The highest BCUT2D eigenvalue weighted by atomic mass is 31.2. The molecular weight excluding hydrogens is 405 g/mol. The van der Waals surface area contributed by atoms with Crippen LogP contribution in [0.25, 0.3) is 0 Å². The molecule has 0 aromatic heterocycles. The van der Waals surface area contributed by atoms with E-state index in [1.807, 2.05) is 0 Å². The van der Waals surface area contributed by atoms with Crippen LogP contribution in [0.15, 0.2) is 24.3 Å². The topological polar surface area (TPSA) is 91.4 Å². The molecule has 0 saturated heterocycles. The van der Waals surface area contributed by atoms with E-state index in [9.17, 15) is 14.4 Å². The van der Waals surface area contributed by atoms with Crippen LogP contribution in [0.5, 0.6) is 11.5 Å². The van der Waals surface area contributed by atoms with Gasteiger partial charge in [0.05, 0.1) is 6.04 Å². The van der Waals surface area contributed by atoms with Gasteiger partial charge in [0, 0.05) is 19.6 Å². The molecule has 1 rings (SSSR count). The number of nitrogens with zero attached hydrogens (tertiary/aromatic N) is 3. The number of hydrogen-bond donors (Lipinski definition) is 0. The van der Waals surface area contributed by atoms with Crippen molar-refractivity contribution in [2.45, 2.75) is 40.7 Å². The lowest BCUT2D eigenvalue weighted by Gasteiger charge is -2.34. The molecule has 1 aromatic carbocycles. The highest BCUT2D eigenvalue weighted by molar-refractivity contribution is 7.43. The van der Waals surface area contributed by atoms with E-state index in [-0.39, 0.29) is 11.8 Å². The zero-order chi connectivity index (χ0) is 22.6. The van der Waals surface area contributed by atoms with Gasteiger partial charge in [0.1, 0.15) is 25.9 Å². The van der Waals surface area contributed by atoms with Gasteiger partial charge in [-0.25, -0.2) is 0 Å². The van der Waals surface area contributed by atoms with Crippen LogP contribution in [-0.4, -0.2) is 79.7 Å². The molecule has 1 aromatic rings. The Bertz CT molecular complexity index is 618. The van der Waals surface area contributed by atoms with Crippen LogP contribution in [-0.2, 0) is 4.57 Å². The highest BCUT2D eigenvalue weighted by Gasteiger charge is 2.20. The van der Waals surface area contributed by atoms with E-state index in [4.69, 9.17) is 4.74 Å². The number of rotatable bonds is 16. The zero-order valence-corrected chi connectivity index (χ0v) is 20.0. The van der Waals surface area contributed by atoms with Gasteiger partial charge in [0.25, 0.3) is 0 Å². The maximum atomic E-state index is 10.7. The van der Waals surface area contributed by atoms with Crippen molar-refractivity contribution in [3.05, 3.63) is 24.3 Å². The van der Waals surface area contributed by atoms with Crippen molar-refractivity contribution >= 4 is 7.82 Å². The first-order chi connectivity index (χ1) is 14.3.